The van der Waals surface area contributed by atoms with Crippen molar-refractivity contribution < 1.29 is 9.84 Å². The van der Waals surface area contributed by atoms with Crippen LogP contribution < -0.4 is 0 Å². The van der Waals surface area contributed by atoms with Crippen molar-refractivity contribution >= 4 is 27.5 Å². The summed E-state index contributed by atoms with van der Waals surface area (Å²) in [6.07, 6.45) is -0.577. The molecule has 1 N–H and O–H groups in total. The van der Waals surface area contributed by atoms with Gasteiger partial charge in [0, 0.05) is 4.47 Å². The van der Waals surface area contributed by atoms with Gasteiger partial charge in [0.1, 0.15) is 0 Å². The van der Waals surface area contributed by atoms with E-state index in [0.717, 1.165) is 10.0 Å². The number of hydrogen-bond acceptors (Lipinski definition) is 2. The van der Waals surface area contributed by atoms with Gasteiger partial charge in [0.05, 0.1) is 25.2 Å². The van der Waals surface area contributed by atoms with E-state index in [-0.39, 0.29) is 12.5 Å². The molecule has 14 heavy (non-hydrogen) atoms. The zero-order valence-electron chi connectivity index (χ0n) is 7.62. The maximum Gasteiger partial charge on any atom is 0.0908 e. The summed E-state index contributed by atoms with van der Waals surface area (Å²) in [5.74, 6) is 0.209. The van der Waals surface area contributed by atoms with Crippen LogP contribution >= 0.6 is 27.5 Å². The van der Waals surface area contributed by atoms with E-state index in [2.05, 4.69) is 15.9 Å². The fourth-order valence-corrected chi connectivity index (χ4v) is 1.29. The van der Waals surface area contributed by atoms with Crippen LogP contribution in [0, 0.1) is 0 Å². The van der Waals surface area contributed by atoms with Crippen molar-refractivity contribution in [3.05, 3.63) is 34.3 Å². The zero-order chi connectivity index (χ0) is 10.4. The van der Waals surface area contributed by atoms with Gasteiger partial charge in [0.25, 0.3) is 0 Å². The molecule has 2 nitrogen and oxygen atoms in total. The minimum atomic E-state index is -0.577. The third kappa shape index (κ3) is 4.42. The van der Waals surface area contributed by atoms with Crippen LogP contribution in [0.25, 0.3) is 0 Å². The Hall–Kier alpha value is -0.0900. The van der Waals surface area contributed by atoms with Crippen LogP contribution in [0.5, 0.6) is 0 Å². The molecule has 1 unspecified atom stereocenters. The van der Waals surface area contributed by atoms with Crippen molar-refractivity contribution in [2.45, 2.75) is 12.7 Å². The summed E-state index contributed by atoms with van der Waals surface area (Å²) in [6, 6.07) is 7.85. The first-order chi connectivity index (χ1) is 6.72. The maximum atomic E-state index is 9.12. The largest absolute Gasteiger partial charge is 0.389 e. The number of ether oxygens (including phenoxy) is 1. The predicted molar refractivity (Wildman–Crippen MR) is 60.5 cm³/mol. The Morgan fingerprint density at radius 3 is 2.57 bits per heavy atom. The van der Waals surface area contributed by atoms with Crippen molar-refractivity contribution in [2.75, 3.05) is 12.5 Å². The molecule has 0 aliphatic carbocycles. The summed E-state index contributed by atoms with van der Waals surface area (Å²) in [4.78, 5) is 0. The Bertz CT molecular complexity index is 263. The SMILES string of the molecule is OC(CCl)COCc1ccc(Br)cc1. The van der Waals surface area contributed by atoms with E-state index in [1.807, 2.05) is 24.3 Å². The van der Waals surface area contributed by atoms with Crippen LogP contribution in [0.15, 0.2) is 28.7 Å². The van der Waals surface area contributed by atoms with Crippen LogP contribution in [0.3, 0.4) is 0 Å². The maximum absolute atomic E-state index is 9.12. The average Bonchev–Trinajstić information content (AvgIpc) is 2.21. The number of benzene rings is 1. The van der Waals surface area contributed by atoms with Gasteiger partial charge in [0.15, 0.2) is 0 Å². The summed E-state index contributed by atoms with van der Waals surface area (Å²) in [7, 11) is 0. The molecule has 0 saturated heterocycles. The molecule has 1 atom stereocenters. The number of halogens is 2. The van der Waals surface area contributed by atoms with E-state index in [4.69, 9.17) is 21.4 Å². The molecule has 1 aromatic carbocycles. The molecular weight excluding hydrogens is 267 g/mol. The number of rotatable bonds is 5. The second-order valence-corrected chi connectivity index (χ2v) is 4.17. The average molecular weight is 280 g/mol. The van der Waals surface area contributed by atoms with E-state index in [9.17, 15) is 0 Å². The summed E-state index contributed by atoms with van der Waals surface area (Å²) >= 11 is 8.77. The molecule has 0 fully saturated rings. The Balaban J connectivity index is 2.28. The molecule has 0 heterocycles. The van der Waals surface area contributed by atoms with Crippen LogP contribution in [0.2, 0.25) is 0 Å². The molecule has 0 aliphatic rings. The summed E-state index contributed by atoms with van der Waals surface area (Å²) in [5.41, 5.74) is 1.08. The second kappa shape index (κ2) is 6.40. The molecule has 1 rings (SSSR count). The summed E-state index contributed by atoms with van der Waals surface area (Å²) in [5, 5.41) is 9.12. The van der Waals surface area contributed by atoms with Gasteiger partial charge in [-0.1, -0.05) is 28.1 Å². The van der Waals surface area contributed by atoms with Gasteiger partial charge < -0.3 is 9.84 Å². The molecular formula is C10H12BrClO2. The number of aliphatic hydroxyl groups is 1. The third-order valence-electron chi connectivity index (χ3n) is 1.67. The van der Waals surface area contributed by atoms with Crippen molar-refractivity contribution in [1.29, 1.82) is 0 Å². The van der Waals surface area contributed by atoms with Crippen LogP contribution in [-0.2, 0) is 11.3 Å². The Morgan fingerprint density at radius 2 is 2.00 bits per heavy atom. The Kier molecular flexibility index (Phi) is 5.48. The van der Waals surface area contributed by atoms with Crippen LogP contribution in [0.4, 0.5) is 0 Å². The number of alkyl halides is 1. The molecule has 0 spiro atoms. The Morgan fingerprint density at radius 1 is 1.36 bits per heavy atom. The lowest BCUT2D eigenvalue weighted by Crippen LogP contribution is -2.16. The molecule has 0 aliphatic heterocycles. The Labute approximate surface area is 97.0 Å². The van der Waals surface area contributed by atoms with Gasteiger partial charge in [-0.25, -0.2) is 0 Å². The van der Waals surface area contributed by atoms with Crippen molar-refractivity contribution in [3.8, 4) is 0 Å². The first kappa shape index (κ1) is 12.0. The predicted octanol–water partition coefficient (Wildman–Crippen LogP) is 2.57. The fraction of sp³-hybridized carbons (Fsp3) is 0.400. The minimum Gasteiger partial charge on any atom is -0.389 e. The summed E-state index contributed by atoms with van der Waals surface area (Å²) < 4.78 is 6.31. The van der Waals surface area contributed by atoms with E-state index in [0.29, 0.717) is 6.61 Å². The van der Waals surface area contributed by atoms with Crippen molar-refractivity contribution in [3.63, 3.8) is 0 Å². The lowest BCUT2D eigenvalue weighted by atomic mass is 10.2. The lowest BCUT2D eigenvalue weighted by Gasteiger charge is -2.07. The number of aliphatic hydroxyl groups excluding tert-OH is 1. The molecule has 0 saturated carbocycles. The first-order valence-corrected chi connectivity index (χ1v) is 5.61. The van der Waals surface area contributed by atoms with E-state index < -0.39 is 6.10 Å². The molecule has 0 amide bonds. The van der Waals surface area contributed by atoms with Gasteiger partial charge in [0.2, 0.25) is 0 Å². The molecule has 1 aromatic rings. The highest BCUT2D eigenvalue weighted by atomic mass is 79.9. The van der Waals surface area contributed by atoms with E-state index in [1.165, 1.54) is 0 Å². The highest BCUT2D eigenvalue weighted by Gasteiger charge is 2.01. The molecule has 0 bridgehead atoms. The molecule has 4 heteroatoms. The van der Waals surface area contributed by atoms with Crippen LogP contribution in [0.1, 0.15) is 5.56 Å². The highest BCUT2D eigenvalue weighted by molar-refractivity contribution is 9.10. The zero-order valence-corrected chi connectivity index (χ0v) is 9.96. The van der Waals surface area contributed by atoms with Crippen LogP contribution in [-0.4, -0.2) is 23.7 Å². The summed E-state index contributed by atoms with van der Waals surface area (Å²) in [6.45, 7) is 0.779. The minimum absolute atomic E-state index is 0.209. The smallest absolute Gasteiger partial charge is 0.0908 e. The second-order valence-electron chi connectivity index (χ2n) is 2.95. The highest BCUT2D eigenvalue weighted by Crippen LogP contribution is 2.11. The van der Waals surface area contributed by atoms with Crippen molar-refractivity contribution in [1.82, 2.24) is 0 Å². The normalized spacial score (nSPS) is 12.8. The van der Waals surface area contributed by atoms with Gasteiger partial charge in [-0.3, -0.25) is 0 Å². The third-order valence-corrected chi connectivity index (χ3v) is 2.56. The van der Waals surface area contributed by atoms with Gasteiger partial charge in [-0.05, 0) is 17.7 Å². The quantitative estimate of drug-likeness (QED) is 0.840. The van der Waals surface area contributed by atoms with E-state index >= 15 is 0 Å². The molecule has 0 aromatic heterocycles. The first-order valence-electron chi connectivity index (χ1n) is 4.28. The van der Waals surface area contributed by atoms with Gasteiger partial charge >= 0.3 is 0 Å². The lowest BCUT2D eigenvalue weighted by molar-refractivity contribution is 0.0392. The van der Waals surface area contributed by atoms with Gasteiger partial charge in [-0.2, -0.15) is 0 Å². The van der Waals surface area contributed by atoms with E-state index in [1.54, 1.807) is 0 Å². The fourth-order valence-electron chi connectivity index (χ4n) is 0.938. The van der Waals surface area contributed by atoms with Gasteiger partial charge in [-0.15, -0.1) is 11.6 Å². The standard InChI is InChI=1S/C10H12BrClO2/c11-9-3-1-8(2-4-9)6-14-7-10(13)5-12/h1-4,10,13H,5-7H2. The molecule has 0 radical (unpaired) electrons. The topological polar surface area (TPSA) is 29.5 Å². The van der Waals surface area contributed by atoms with Crippen molar-refractivity contribution in [2.24, 2.45) is 0 Å². The number of hydrogen-bond donors (Lipinski definition) is 1. The monoisotopic (exact) mass is 278 g/mol. The molecule has 78 valence electrons.